The van der Waals surface area contributed by atoms with Crippen LogP contribution < -0.4 is 0 Å². The van der Waals surface area contributed by atoms with E-state index in [4.69, 9.17) is 4.42 Å². The van der Waals surface area contributed by atoms with E-state index >= 15 is 0 Å². The van der Waals surface area contributed by atoms with Gasteiger partial charge in [-0.1, -0.05) is 0 Å². The van der Waals surface area contributed by atoms with E-state index in [1.54, 1.807) is 0 Å². The van der Waals surface area contributed by atoms with Gasteiger partial charge in [0.05, 0.1) is 28.8 Å². The second kappa shape index (κ2) is 8.11. The largest absolute Gasteiger partial charge is 0.432 e. The normalized spacial score (nSPS) is 16.7. The molecule has 9 nitrogen and oxygen atoms in total. The summed E-state index contributed by atoms with van der Waals surface area (Å²) in [7, 11) is 0. The number of carbonyl (C=O) groups is 1. The van der Waals surface area contributed by atoms with Crippen molar-refractivity contribution in [2.24, 2.45) is 0 Å². The Kier molecular flexibility index (Phi) is 5.39. The molecule has 1 amide bonds. The zero-order chi connectivity index (χ0) is 26.0. The molecule has 1 aliphatic heterocycles. The molecule has 0 radical (unpaired) electrons. The van der Waals surface area contributed by atoms with Crippen LogP contribution in [0.5, 0.6) is 0 Å². The summed E-state index contributed by atoms with van der Waals surface area (Å²) in [5, 5.41) is 14.5. The van der Waals surface area contributed by atoms with Crippen LogP contribution in [-0.4, -0.2) is 47.0 Å². The number of aromatic nitrogens is 5. The molecule has 0 fully saturated rings. The van der Waals surface area contributed by atoms with Gasteiger partial charge < -0.3 is 19.4 Å². The zero-order valence-corrected chi connectivity index (χ0v) is 18.8. The minimum Gasteiger partial charge on any atom is -0.432 e. The summed E-state index contributed by atoms with van der Waals surface area (Å²) in [6.45, 7) is 2.59. The molecule has 0 saturated carbocycles. The number of alkyl halides is 5. The van der Waals surface area contributed by atoms with E-state index < -0.39 is 53.1 Å². The Labute approximate surface area is 199 Å². The van der Waals surface area contributed by atoms with Crippen molar-refractivity contribution in [1.82, 2.24) is 29.5 Å². The first-order valence-electron chi connectivity index (χ1n) is 10.8. The van der Waals surface area contributed by atoms with E-state index in [0.29, 0.717) is 17.8 Å². The molecule has 2 N–H and O–H groups in total. The summed E-state index contributed by atoms with van der Waals surface area (Å²) in [4.78, 5) is 25.6. The van der Waals surface area contributed by atoms with Crippen LogP contribution in [0.4, 0.5) is 22.0 Å². The molecule has 190 valence electrons. The second-order valence-electron chi connectivity index (χ2n) is 8.86. The third-order valence-corrected chi connectivity index (χ3v) is 5.85. The molecule has 0 bridgehead atoms. The van der Waals surface area contributed by atoms with Gasteiger partial charge in [-0.25, -0.2) is 23.3 Å². The number of H-pyrrole nitrogens is 1. The maximum Gasteiger partial charge on any atom is 0.416 e. The number of pyridine rings is 1. The minimum atomic E-state index is -4.56. The van der Waals surface area contributed by atoms with Crippen molar-refractivity contribution in [3.63, 3.8) is 0 Å². The van der Waals surface area contributed by atoms with Crippen molar-refractivity contribution in [3.8, 4) is 0 Å². The number of carbonyl (C=O) groups excluding carboxylic acids is 1. The number of aromatic amines is 1. The number of hydrogen-bond acceptors (Lipinski definition) is 6. The number of aliphatic hydroxyl groups is 1. The summed E-state index contributed by atoms with van der Waals surface area (Å²) in [6, 6.07) is 2.15. The zero-order valence-electron chi connectivity index (χ0n) is 18.8. The highest BCUT2D eigenvalue weighted by Gasteiger charge is 2.41. The molecule has 4 aromatic rings. The number of rotatable bonds is 4. The fourth-order valence-electron chi connectivity index (χ4n) is 4.14. The van der Waals surface area contributed by atoms with Gasteiger partial charge >= 0.3 is 6.18 Å². The number of oxazole rings is 1. The number of halogens is 5. The molecule has 0 spiro atoms. The summed E-state index contributed by atoms with van der Waals surface area (Å²) in [6.07, 6.45) is -4.88. The number of hydrogen-bond donors (Lipinski definition) is 2. The molecule has 0 unspecified atom stereocenters. The smallest absolute Gasteiger partial charge is 0.416 e. The predicted molar refractivity (Wildman–Crippen MR) is 112 cm³/mol. The number of imidazole rings is 1. The van der Waals surface area contributed by atoms with Crippen molar-refractivity contribution in [2.45, 2.75) is 44.5 Å². The number of nitrogens with zero attached hydrogens (tertiary/aromatic N) is 5. The van der Waals surface area contributed by atoms with Gasteiger partial charge in [-0.3, -0.25) is 4.79 Å². The van der Waals surface area contributed by atoms with Crippen LogP contribution in [0.1, 0.15) is 71.1 Å². The van der Waals surface area contributed by atoms with Crippen molar-refractivity contribution < 1.29 is 36.3 Å². The molecule has 5 heterocycles. The first-order valence-corrected chi connectivity index (χ1v) is 10.8. The van der Waals surface area contributed by atoms with Crippen molar-refractivity contribution in [1.29, 1.82) is 0 Å². The molecule has 0 saturated heterocycles. The maximum absolute atomic E-state index is 13.7. The van der Waals surface area contributed by atoms with Gasteiger partial charge in [0, 0.05) is 24.9 Å². The highest BCUT2D eigenvalue weighted by molar-refractivity contribution is 5.93. The van der Waals surface area contributed by atoms with Gasteiger partial charge in [-0.2, -0.15) is 18.3 Å². The van der Waals surface area contributed by atoms with E-state index in [2.05, 4.69) is 20.1 Å². The summed E-state index contributed by atoms with van der Waals surface area (Å²) >= 11 is 0. The average molecular weight is 510 g/mol. The third-order valence-electron chi connectivity index (χ3n) is 5.85. The van der Waals surface area contributed by atoms with Crippen LogP contribution in [0.2, 0.25) is 0 Å². The monoisotopic (exact) mass is 510 g/mol. The van der Waals surface area contributed by atoms with Crippen LogP contribution in [0.15, 0.2) is 35.1 Å². The topological polar surface area (TPSA) is 113 Å². The summed E-state index contributed by atoms with van der Waals surface area (Å²) in [5.74, 6) is -2.14. The molecule has 5 rings (SSSR count). The molecule has 36 heavy (non-hydrogen) atoms. The first kappa shape index (κ1) is 23.9. The van der Waals surface area contributed by atoms with Crippen molar-refractivity contribution >= 4 is 11.4 Å². The Hall–Kier alpha value is -3.81. The van der Waals surface area contributed by atoms with E-state index in [9.17, 15) is 31.9 Å². The van der Waals surface area contributed by atoms with Gasteiger partial charge in [-0.05, 0) is 32.0 Å². The quantitative estimate of drug-likeness (QED) is 0.401. The Morgan fingerprint density at radius 2 is 2.03 bits per heavy atom. The molecule has 0 aliphatic carbocycles. The van der Waals surface area contributed by atoms with E-state index in [1.165, 1.54) is 35.7 Å². The molecule has 1 atom stereocenters. The Balaban J connectivity index is 1.61. The van der Waals surface area contributed by atoms with Gasteiger partial charge in [0.25, 0.3) is 12.3 Å². The van der Waals surface area contributed by atoms with Crippen molar-refractivity contribution in [3.05, 3.63) is 70.7 Å². The molecule has 14 heteroatoms. The predicted octanol–water partition coefficient (Wildman–Crippen LogP) is 4.02. The van der Waals surface area contributed by atoms with Crippen LogP contribution in [0, 0.1) is 0 Å². The standard InChI is InChI=1S/C22H19F5N6O3/c1-21(2,35)20-30-15(18(23)24)17(36-20)19(34)32-5-4-12-14(29-9-28-12)16(32)13-8-11-7-10(22(25,26)27)3-6-33(11)31-13/h3,6-9,16,18,35H,4-5H2,1-2H3,(H,28,29)/t16-/m1/s1. The molecular weight excluding hydrogens is 491 g/mol. The van der Waals surface area contributed by atoms with Crippen LogP contribution >= 0.6 is 0 Å². The van der Waals surface area contributed by atoms with E-state index in [1.807, 2.05) is 0 Å². The van der Waals surface area contributed by atoms with Crippen LogP contribution in [0.3, 0.4) is 0 Å². The fourth-order valence-corrected chi connectivity index (χ4v) is 4.14. The molecule has 4 aromatic heterocycles. The SMILES string of the molecule is CC(C)(O)c1nc(C(F)F)c(C(=O)N2CCc3[nH]cnc3[C@H]2c2cc3cc(C(F)(F)F)ccn3n2)o1. The van der Waals surface area contributed by atoms with Crippen LogP contribution in [-0.2, 0) is 18.2 Å². The van der Waals surface area contributed by atoms with Gasteiger partial charge in [0.1, 0.15) is 11.6 Å². The Morgan fingerprint density at radius 1 is 1.28 bits per heavy atom. The number of fused-ring (bicyclic) bond motifs is 2. The fraction of sp³-hybridized carbons (Fsp3) is 0.364. The summed E-state index contributed by atoms with van der Waals surface area (Å²) in [5.41, 5.74) is -2.19. The minimum absolute atomic E-state index is 0.0432. The average Bonchev–Trinajstić information content (AvgIpc) is 3.53. The first-order chi connectivity index (χ1) is 16.8. The van der Waals surface area contributed by atoms with Gasteiger partial charge in [0.2, 0.25) is 11.7 Å². The lowest BCUT2D eigenvalue weighted by Crippen LogP contribution is -2.41. The van der Waals surface area contributed by atoms with Gasteiger partial charge in [0.15, 0.2) is 5.69 Å². The third kappa shape index (κ3) is 4.00. The van der Waals surface area contributed by atoms with Crippen LogP contribution in [0.25, 0.3) is 5.52 Å². The highest BCUT2D eigenvalue weighted by atomic mass is 19.4. The lowest BCUT2D eigenvalue weighted by Gasteiger charge is -2.33. The van der Waals surface area contributed by atoms with Crippen molar-refractivity contribution in [2.75, 3.05) is 6.54 Å². The lowest BCUT2D eigenvalue weighted by atomic mass is 9.99. The number of nitrogens with one attached hydrogen (secondary N) is 1. The lowest BCUT2D eigenvalue weighted by molar-refractivity contribution is -0.137. The second-order valence-corrected chi connectivity index (χ2v) is 8.86. The molecular formula is C22H19F5N6O3. The van der Waals surface area contributed by atoms with E-state index in [0.717, 1.165) is 18.3 Å². The molecule has 0 aromatic carbocycles. The Bertz CT molecular complexity index is 1450. The van der Waals surface area contributed by atoms with Gasteiger partial charge in [-0.15, -0.1) is 0 Å². The summed E-state index contributed by atoms with van der Waals surface area (Å²) < 4.78 is 73.6. The molecule has 1 aliphatic rings. The Morgan fingerprint density at radius 3 is 2.69 bits per heavy atom. The number of amides is 1. The highest BCUT2D eigenvalue weighted by Crippen LogP contribution is 2.37. The van der Waals surface area contributed by atoms with E-state index in [-0.39, 0.29) is 17.8 Å². The maximum atomic E-state index is 13.7.